The van der Waals surface area contributed by atoms with E-state index in [4.69, 9.17) is 11.6 Å². The highest BCUT2D eigenvalue weighted by atomic mass is 35.5. The van der Waals surface area contributed by atoms with E-state index in [-0.39, 0.29) is 17.2 Å². The van der Waals surface area contributed by atoms with Crippen LogP contribution in [0.15, 0.2) is 18.2 Å². The van der Waals surface area contributed by atoms with Gasteiger partial charge in [-0.1, -0.05) is 52.1 Å². The van der Waals surface area contributed by atoms with Crippen LogP contribution in [0, 0.1) is 5.41 Å². The molecule has 150 valence electrons. The molecule has 0 atom stereocenters. The van der Waals surface area contributed by atoms with Gasteiger partial charge in [0.15, 0.2) is 0 Å². The summed E-state index contributed by atoms with van der Waals surface area (Å²) in [4.78, 5) is 28.5. The number of nitrogens with one attached hydrogen (secondary N) is 1. The smallest absolute Gasteiger partial charge is 0.228 e. The van der Waals surface area contributed by atoms with Gasteiger partial charge in [0.2, 0.25) is 11.8 Å². The number of amides is 2. The number of nitrogens with zero attached hydrogens (tertiary/aromatic N) is 2. The number of benzene rings is 1. The van der Waals surface area contributed by atoms with E-state index in [2.05, 4.69) is 17.1 Å². The Morgan fingerprint density at radius 1 is 1.11 bits per heavy atom. The third-order valence-corrected chi connectivity index (χ3v) is 5.09. The first-order chi connectivity index (χ1) is 12.7. The number of rotatable bonds is 6. The Bertz CT molecular complexity index is 662. The van der Waals surface area contributed by atoms with E-state index in [0.29, 0.717) is 24.5 Å². The first-order valence-electron chi connectivity index (χ1n) is 9.86. The van der Waals surface area contributed by atoms with E-state index in [0.717, 1.165) is 43.7 Å². The molecule has 0 unspecified atom stereocenters. The third kappa shape index (κ3) is 6.13. The van der Waals surface area contributed by atoms with Gasteiger partial charge in [-0.05, 0) is 24.6 Å². The van der Waals surface area contributed by atoms with Gasteiger partial charge in [0, 0.05) is 43.7 Å². The van der Waals surface area contributed by atoms with Gasteiger partial charge in [-0.3, -0.25) is 9.59 Å². The fraction of sp³-hybridized carbons (Fsp3) is 0.619. The predicted molar refractivity (Wildman–Crippen MR) is 112 cm³/mol. The number of carbonyl (C=O) groups excluding carboxylic acids is 2. The van der Waals surface area contributed by atoms with E-state index >= 15 is 0 Å². The first-order valence-corrected chi connectivity index (χ1v) is 10.2. The van der Waals surface area contributed by atoms with Gasteiger partial charge >= 0.3 is 0 Å². The van der Waals surface area contributed by atoms with E-state index < -0.39 is 0 Å². The number of unbranched alkanes of at least 4 members (excludes halogenated alkanes) is 2. The second kappa shape index (κ2) is 9.45. The van der Waals surface area contributed by atoms with Crippen molar-refractivity contribution in [3.8, 4) is 0 Å². The van der Waals surface area contributed by atoms with E-state index in [1.807, 2.05) is 37.8 Å². The predicted octanol–water partition coefficient (Wildman–Crippen LogP) is 4.55. The number of halogens is 1. The van der Waals surface area contributed by atoms with Crippen LogP contribution in [0.1, 0.15) is 53.4 Å². The normalized spacial score (nSPS) is 15.0. The van der Waals surface area contributed by atoms with Crippen molar-refractivity contribution < 1.29 is 9.59 Å². The van der Waals surface area contributed by atoms with Crippen LogP contribution in [0.2, 0.25) is 5.02 Å². The maximum Gasteiger partial charge on any atom is 0.228 e. The molecule has 0 radical (unpaired) electrons. The lowest BCUT2D eigenvalue weighted by Crippen LogP contribution is -2.51. The molecular weight excluding hydrogens is 362 g/mol. The maximum absolute atomic E-state index is 12.4. The van der Waals surface area contributed by atoms with Crippen molar-refractivity contribution in [3.63, 3.8) is 0 Å². The number of carbonyl (C=O) groups is 2. The average Bonchev–Trinajstić information content (AvgIpc) is 2.61. The van der Waals surface area contributed by atoms with Gasteiger partial charge in [-0.2, -0.15) is 0 Å². The minimum absolute atomic E-state index is 0.0292. The fourth-order valence-electron chi connectivity index (χ4n) is 3.22. The Morgan fingerprint density at radius 2 is 1.78 bits per heavy atom. The summed E-state index contributed by atoms with van der Waals surface area (Å²) in [6.07, 6.45) is 3.61. The molecule has 0 saturated carbocycles. The number of anilines is 2. The van der Waals surface area contributed by atoms with Crippen LogP contribution in [-0.4, -0.2) is 42.9 Å². The molecule has 1 aromatic carbocycles. The number of piperazine rings is 1. The summed E-state index contributed by atoms with van der Waals surface area (Å²) in [6, 6.07) is 5.65. The molecule has 0 aromatic heterocycles. The Kier molecular flexibility index (Phi) is 7.54. The molecule has 1 aliphatic rings. The van der Waals surface area contributed by atoms with E-state index in [9.17, 15) is 9.59 Å². The molecule has 27 heavy (non-hydrogen) atoms. The average molecular weight is 394 g/mol. The van der Waals surface area contributed by atoms with Crippen LogP contribution < -0.4 is 10.2 Å². The van der Waals surface area contributed by atoms with Gasteiger partial charge in [0.25, 0.3) is 0 Å². The molecule has 1 aliphatic heterocycles. The summed E-state index contributed by atoms with van der Waals surface area (Å²) in [5, 5.41) is 3.54. The summed E-state index contributed by atoms with van der Waals surface area (Å²) < 4.78 is 0. The molecule has 0 aliphatic carbocycles. The number of hydrogen-bond acceptors (Lipinski definition) is 3. The van der Waals surface area contributed by atoms with Crippen LogP contribution in [0.25, 0.3) is 0 Å². The molecule has 6 heteroatoms. The lowest BCUT2D eigenvalue weighted by atomic mass is 9.94. The van der Waals surface area contributed by atoms with Crippen LogP contribution >= 0.6 is 11.6 Å². The van der Waals surface area contributed by atoms with Crippen molar-refractivity contribution in [2.24, 2.45) is 5.41 Å². The second-order valence-corrected chi connectivity index (χ2v) is 8.61. The standard InChI is InChI=1S/C21H32ClN3O2/c1-5-6-7-8-19(26)23-16-9-10-18(17(22)15-16)24-11-13-25(14-12-24)20(27)21(2,3)4/h9-10,15H,5-8,11-14H2,1-4H3,(H,23,26). The van der Waals surface area contributed by atoms with E-state index in [1.54, 1.807) is 6.07 Å². The summed E-state index contributed by atoms with van der Waals surface area (Å²) in [7, 11) is 0. The van der Waals surface area contributed by atoms with Crippen LogP contribution in [0.3, 0.4) is 0 Å². The van der Waals surface area contributed by atoms with Crippen LogP contribution in [0.5, 0.6) is 0 Å². The molecule has 2 amide bonds. The molecule has 0 spiro atoms. The largest absolute Gasteiger partial charge is 0.367 e. The minimum Gasteiger partial charge on any atom is -0.367 e. The van der Waals surface area contributed by atoms with Gasteiger partial charge in [-0.25, -0.2) is 0 Å². The first kappa shape index (κ1) is 21.5. The number of hydrogen-bond donors (Lipinski definition) is 1. The monoisotopic (exact) mass is 393 g/mol. The molecular formula is C21H32ClN3O2. The van der Waals surface area contributed by atoms with Crippen LogP contribution in [-0.2, 0) is 9.59 Å². The lowest BCUT2D eigenvalue weighted by molar-refractivity contribution is -0.139. The van der Waals surface area contributed by atoms with Gasteiger partial charge < -0.3 is 15.1 Å². The van der Waals surface area contributed by atoms with Crippen molar-refractivity contribution in [1.29, 1.82) is 0 Å². The summed E-state index contributed by atoms with van der Waals surface area (Å²) >= 11 is 6.47. The molecule has 1 N–H and O–H groups in total. The zero-order valence-corrected chi connectivity index (χ0v) is 17.7. The van der Waals surface area contributed by atoms with Crippen LogP contribution in [0.4, 0.5) is 11.4 Å². The van der Waals surface area contributed by atoms with Gasteiger partial charge in [0.1, 0.15) is 0 Å². The zero-order chi connectivity index (χ0) is 20.0. The van der Waals surface area contributed by atoms with E-state index in [1.165, 1.54) is 0 Å². The van der Waals surface area contributed by atoms with Crippen molar-refractivity contribution in [1.82, 2.24) is 4.90 Å². The molecule has 0 bridgehead atoms. The Balaban J connectivity index is 1.93. The summed E-state index contributed by atoms with van der Waals surface area (Å²) in [5.74, 6) is 0.218. The molecule has 2 rings (SSSR count). The summed E-state index contributed by atoms with van der Waals surface area (Å²) in [5.41, 5.74) is 1.33. The third-order valence-electron chi connectivity index (χ3n) is 4.79. The fourth-order valence-corrected chi connectivity index (χ4v) is 3.53. The zero-order valence-electron chi connectivity index (χ0n) is 17.0. The Hall–Kier alpha value is -1.75. The van der Waals surface area contributed by atoms with Crippen molar-refractivity contribution in [2.75, 3.05) is 36.4 Å². The second-order valence-electron chi connectivity index (χ2n) is 8.20. The molecule has 5 nitrogen and oxygen atoms in total. The SMILES string of the molecule is CCCCCC(=O)Nc1ccc(N2CCN(C(=O)C(C)(C)C)CC2)c(Cl)c1. The van der Waals surface area contributed by atoms with Gasteiger partial charge in [0.05, 0.1) is 10.7 Å². The van der Waals surface area contributed by atoms with Gasteiger partial charge in [-0.15, -0.1) is 0 Å². The Labute approximate surface area is 168 Å². The molecule has 1 heterocycles. The topological polar surface area (TPSA) is 52.7 Å². The highest BCUT2D eigenvalue weighted by Crippen LogP contribution is 2.30. The Morgan fingerprint density at radius 3 is 2.33 bits per heavy atom. The highest BCUT2D eigenvalue weighted by molar-refractivity contribution is 6.33. The molecule has 1 saturated heterocycles. The van der Waals surface area contributed by atoms with Crippen molar-refractivity contribution in [2.45, 2.75) is 53.4 Å². The lowest BCUT2D eigenvalue weighted by Gasteiger charge is -2.39. The molecule has 1 aromatic rings. The quantitative estimate of drug-likeness (QED) is 0.721. The minimum atomic E-state index is -0.350. The molecule has 1 fully saturated rings. The maximum atomic E-state index is 12.4. The highest BCUT2D eigenvalue weighted by Gasteiger charge is 2.30. The van der Waals surface area contributed by atoms with Crippen molar-refractivity contribution >= 4 is 34.8 Å². The summed E-state index contributed by atoms with van der Waals surface area (Å²) in [6.45, 7) is 10.9. The van der Waals surface area contributed by atoms with Crippen molar-refractivity contribution in [3.05, 3.63) is 23.2 Å².